The maximum Gasteiger partial charge on any atom is 0.276 e. The molecule has 0 aliphatic rings. The van der Waals surface area contributed by atoms with Gasteiger partial charge in [0.15, 0.2) is 0 Å². The van der Waals surface area contributed by atoms with Gasteiger partial charge in [-0.1, -0.05) is 0 Å². The van der Waals surface area contributed by atoms with Gasteiger partial charge in [0.25, 0.3) is 10.0 Å². The lowest BCUT2D eigenvalue weighted by atomic mass is 10.1. The highest BCUT2D eigenvalue weighted by molar-refractivity contribution is 7.89. The molecule has 0 radical (unpaired) electrons. The summed E-state index contributed by atoms with van der Waals surface area (Å²) in [4.78, 5) is 2.19. The van der Waals surface area contributed by atoms with Crippen molar-refractivity contribution in [1.29, 1.82) is 0 Å². The molecule has 0 unspecified atom stereocenters. The average Bonchev–Trinajstić information content (AvgIpc) is 3.11. The molecule has 2 N–H and O–H groups in total. The molecule has 2 aromatic carbocycles. The third-order valence-corrected chi connectivity index (χ3v) is 4.79. The molecule has 1 aromatic heterocycles. The van der Waals surface area contributed by atoms with E-state index in [0.717, 1.165) is 0 Å². The minimum Gasteiger partial charge on any atom is -0.497 e. The number of hydrogen-bond donors (Lipinski definition) is 2. The van der Waals surface area contributed by atoms with Crippen LogP contribution in [-0.2, 0) is 10.0 Å². The first-order chi connectivity index (χ1) is 12.5. The number of hydrogen-bond acceptors (Lipinski definition) is 5. The van der Waals surface area contributed by atoms with E-state index in [2.05, 4.69) is 20.1 Å². The van der Waals surface area contributed by atoms with Crippen molar-refractivity contribution in [2.24, 2.45) is 5.10 Å². The SMILES string of the molecule is COc1ccc(S(=O)(=O)NN=Cc2cn[nH]c2-c2ccc(F)cc2)cc1. The molecule has 134 valence electrons. The number of aromatic nitrogens is 2. The highest BCUT2D eigenvalue weighted by Gasteiger charge is 2.13. The summed E-state index contributed by atoms with van der Waals surface area (Å²) in [6, 6.07) is 11.7. The van der Waals surface area contributed by atoms with Gasteiger partial charge in [-0.05, 0) is 48.5 Å². The predicted molar refractivity (Wildman–Crippen MR) is 94.9 cm³/mol. The van der Waals surface area contributed by atoms with Crippen molar-refractivity contribution in [3.05, 3.63) is 66.1 Å². The van der Waals surface area contributed by atoms with Gasteiger partial charge in [0, 0.05) is 11.1 Å². The van der Waals surface area contributed by atoms with E-state index in [9.17, 15) is 12.8 Å². The lowest BCUT2D eigenvalue weighted by Gasteiger charge is -2.04. The molecule has 0 atom stereocenters. The second-order valence-corrected chi connectivity index (χ2v) is 6.90. The minimum atomic E-state index is -3.81. The Hall–Kier alpha value is -3.20. The Morgan fingerprint density at radius 3 is 2.50 bits per heavy atom. The summed E-state index contributed by atoms with van der Waals surface area (Å²) in [6.45, 7) is 0. The topological polar surface area (TPSA) is 96.4 Å². The number of halogens is 1. The van der Waals surface area contributed by atoms with E-state index < -0.39 is 10.0 Å². The molecule has 1 heterocycles. The smallest absolute Gasteiger partial charge is 0.276 e. The first-order valence-corrected chi connectivity index (χ1v) is 8.96. The van der Waals surface area contributed by atoms with Crippen molar-refractivity contribution in [2.45, 2.75) is 4.90 Å². The lowest BCUT2D eigenvalue weighted by Crippen LogP contribution is -2.18. The zero-order chi connectivity index (χ0) is 18.6. The van der Waals surface area contributed by atoms with Crippen LogP contribution in [0.15, 0.2) is 64.7 Å². The summed E-state index contributed by atoms with van der Waals surface area (Å²) >= 11 is 0. The number of hydrazone groups is 1. The molecular formula is C17H15FN4O3S. The molecule has 0 saturated heterocycles. The Labute approximate surface area is 149 Å². The van der Waals surface area contributed by atoms with Gasteiger partial charge in [-0.2, -0.15) is 18.6 Å². The van der Waals surface area contributed by atoms with Gasteiger partial charge >= 0.3 is 0 Å². The van der Waals surface area contributed by atoms with Crippen molar-refractivity contribution in [1.82, 2.24) is 15.0 Å². The van der Waals surface area contributed by atoms with Crippen molar-refractivity contribution < 1.29 is 17.5 Å². The van der Waals surface area contributed by atoms with Crippen LogP contribution in [0, 0.1) is 5.82 Å². The quantitative estimate of drug-likeness (QED) is 0.512. The van der Waals surface area contributed by atoms with E-state index in [0.29, 0.717) is 22.6 Å². The van der Waals surface area contributed by atoms with E-state index in [4.69, 9.17) is 4.74 Å². The molecule has 0 spiro atoms. The van der Waals surface area contributed by atoms with Crippen LogP contribution in [0.4, 0.5) is 4.39 Å². The Morgan fingerprint density at radius 1 is 1.15 bits per heavy atom. The second-order valence-electron chi connectivity index (χ2n) is 5.24. The standard InChI is InChI=1S/C17H15FN4O3S/c1-25-15-6-8-16(9-7-15)26(23,24)22-20-11-13-10-19-21-17(13)12-2-4-14(18)5-3-12/h2-11,22H,1H3,(H,19,21). The Bertz CT molecular complexity index is 1010. The van der Waals surface area contributed by atoms with Crippen LogP contribution < -0.4 is 9.57 Å². The van der Waals surface area contributed by atoms with Crippen LogP contribution >= 0.6 is 0 Å². The third kappa shape index (κ3) is 3.89. The lowest BCUT2D eigenvalue weighted by molar-refractivity contribution is 0.414. The van der Waals surface area contributed by atoms with Crippen LogP contribution in [0.3, 0.4) is 0 Å². The van der Waals surface area contributed by atoms with Gasteiger partial charge in [0.1, 0.15) is 11.6 Å². The van der Waals surface area contributed by atoms with Crippen LogP contribution in [0.2, 0.25) is 0 Å². The number of ether oxygens (including phenoxy) is 1. The molecule has 0 fully saturated rings. The third-order valence-electron chi connectivity index (χ3n) is 3.55. The van der Waals surface area contributed by atoms with Gasteiger partial charge in [-0.3, -0.25) is 5.10 Å². The van der Waals surface area contributed by atoms with E-state index in [1.54, 1.807) is 24.3 Å². The zero-order valence-corrected chi connectivity index (χ0v) is 14.5. The number of methoxy groups -OCH3 is 1. The van der Waals surface area contributed by atoms with Gasteiger partial charge in [0.2, 0.25) is 0 Å². The minimum absolute atomic E-state index is 0.0569. The van der Waals surface area contributed by atoms with E-state index in [-0.39, 0.29) is 10.7 Å². The first kappa shape index (κ1) is 17.6. The summed E-state index contributed by atoms with van der Waals surface area (Å²) in [7, 11) is -2.31. The summed E-state index contributed by atoms with van der Waals surface area (Å²) in [5.74, 6) is 0.200. The van der Waals surface area contributed by atoms with Gasteiger partial charge in [-0.25, -0.2) is 9.22 Å². The Kier molecular flexibility index (Phi) is 4.99. The van der Waals surface area contributed by atoms with Gasteiger partial charge in [0.05, 0.1) is 30.1 Å². The fraction of sp³-hybridized carbons (Fsp3) is 0.0588. The molecule has 0 aliphatic carbocycles. The Balaban J connectivity index is 1.76. The van der Waals surface area contributed by atoms with Crippen LogP contribution in [-0.4, -0.2) is 31.9 Å². The highest BCUT2D eigenvalue weighted by Crippen LogP contribution is 2.20. The van der Waals surface area contributed by atoms with Crippen LogP contribution in [0.25, 0.3) is 11.3 Å². The zero-order valence-electron chi connectivity index (χ0n) is 13.7. The maximum absolute atomic E-state index is 13.0. The molecule has 0 amide bonds. The van der Waals surface area contributed by atoms with Crippen molar-refractivity contribution in [3.63, 3.8) is 0 Å². The monoisotopic (exact) mass is 374 g/mol. The summed E-state index contributed by atoms with van der Waals surface area (Å²) < 4.78 is 42.5. The molecule has 9 heteroatoms. The summed E-state index contributed by atoms with van der Waals surface area (Å²) in [5.41, 5.74) is 1.84. The number of sulfonamides is 1. The second kappa shape index (κ2) is 7.36. The molecule has 7 nitrogen and oxygen atoms in total. The average molecular weight is 374 g/mol. The van der Waals surface area contributed by atoms with Crippen molar-refractivity contribution >= 4 is 16.2 Å². The number of H-pyrrole nitrogens is 1. The van der Waals surface area contributed by atoms with E-state index >= 15 is 0 Å². The summed E-state index contributed by atoms with van der Waals surface area (Å²) in [5, 5.41) is 10.5. The normalized spacial score (nSPS) is 11.6. The van der Waals surface area contributed by atoms with Gasteiger partial charge < -0.3 is 4.74 Å². The van der Waals surface area contributed by atoms with E-state index in [1.165, 1.54) is 43.8 Å². The summed E-state index contributed by atoms with van der Waals surface area (Å²) in [6.07, 6.45) is 2.81. The first-order valence-electron chi connectivity index (χ1n) is 7.48. The number of rotatable bonds is 6. The number of nitrogens with zero attached hydrogens (tertiary/aromatic N) is 2. The Morgan fingerprint density at radius 2 is 1.85 bits per heavy atom. The highest BCUT2D eigenvalue weighted by atomic mass is 32.2. The predicted octanol–water partition coefficient (Wildman–Crippen LogP) is 2.54. The van der Waals surface area contributed by atoms with E-state index in [1.807, 2.05) is 0 Å². The molecule has 3 aromatic rings. The number of benzene rings is 2. The number of aromatic amines is 1. The van der Waals surface area contributed by atoms with Crippen LogP contribution in [0.1, 0.15) is 5.56 Å². The fourth-order valence-corrected chi connectivity index (χ4v) is 3.01. The fourth-order valence-electron chi connectivity index (χ4n) is 2.21. The van der Waals surface area contributed by atoms with Gasteiger partial charge in [-0.15, -0.1) is 0 Å². The molecule has 0 saturated carbocycles. The molecule has 26 heavy (non-hydrogen) atoms. The maximum atomic E-state index is 13.0. The van der Waals surface area contributed by atoms with Crippen molar-refractivity contribution in [3.8, 4) is 17.0 Å². The largest absolute Gasteiger partial charge is 0.497 e. The van der Waals surface area contributed by atoms with Crippen molar-refractivity contribution in [2.75, 3.05) is 7.11 Å². The van der Waals surface area contributed by atoms with Crippen LogP contribution in [0.5, 0.6) is 5.75 Å². The molecule has 3 rings (SSSR count). The number of nitrogens with one attached hydrogen (secondary N) is 2. The molecule has 0 bridgehead atoms. The molecular weight excluding hydrogens is 359 g/mol. The molecule has 0 aliphatic heterocycles.